The lowest BCUT2D eigenvalue weighted by Gasteiger charge is -2.20. The minimum Gasteiger partial charge on any atom is -0.278 e. The van der Waals surface area contributed by atoms with E-state index < -0.39 is 0 Å². The molecule has 4 rings (SSSR count). The standard InChI is InChI=1S/C24H23N3OS2/c1-16(2)20-11-7-12-21-22(20)26-24(30-21)27(15-18-9-4-5-13-25-18)23(28)17-8-6-10-19(14-17)29-3/h4-14,16H,15H2,1-3H3. The van der Waals surface area contributed by atoms with Gasteiger partial charge < -0.3 is 0 Å². The van der Waals surface area contributed by atoms with Gasteiger partial charge in [0, 0.05) is 16.7 Å². The maximum atomic E-state index is 13.6. The number of amides is 1. The summed E-state index contributed by atoms with van der Waals surface area (Å²) in [4.78, 5) is 25.7. The molecule has 0 spiro atoms. The molecule has 0 aliphatic carbocycles. The number of anilines is 1. The van der Waals surface area contributed by atoms with Gasteiger partial charge in [0.2, 0.25) is 0 Å². The summed E-state index contributed by atoms with van der Waals surface area (Å²) in [5, 5.41) is 0.698. The Labute approximate surface area is 185 Å². The molecule has 0 N–H and O–H groups in total. The molecule has 0 aliphatic rings. The molecule has 0 unspecified atom stereocenters. The summed E-state index contributed by atoms with van der Waals surface area (Å²) in [6.45, 7) is 4.71. The van der Waals surface area contributed by atoms with Crippen LogP contribution in [0.1, 0.15) is 41.4 Å². The number of thiazole rings is 1. The highest BCUT2D eigenvalue weighted by Gasteiger charge is 2.23. The van der Waals surface area contributed by atoms with Gasteiger partial charge in [0.25, 0.3) is 5.91 Å². The van der Waals surface area contributed by atoms with Crippen molar-refractivity contribution in [2.45, 2.75) is 31.2 Å². The van der Waals surface area contributed by atoms with Crippen LogP contribution in [0.25, 0.3) is 10.2 Å². The molecule has 0 atom stereocenters. The van der Waals surface area contributed by atoms with E-state index in [-0.39, 0.29) is 5.91 Å². The zero-order valence-corrected chi connectivity index (χ0v) is 18.8. The molecular formula is C24H23N3OS2. The lowest BCUT2D eigenvalue weighted by Crippen LogP contribution is -2.30. The third-order valence-electron chi connectivity index (χ3n) is 4.90. The van der Waals surface area contributed by atoms with Gasteiger partial charge in [0.1, 0.15) is 0 Å². The first-order valence-corrected chi connectivity index (χ1v) is 11.9. The Morgan fingerprint density at radius 1 is 1.10 bits per heavy atom. The van der Waals surface area contributed by atoms with Crippen LogP contribution in [0.15, 0.2) is 71.8 Å². The smallest absolute Gasteiger partial charge is 0.260 e. The molecule has 0 aliphatic heterocycles. The van der Waals surface area contributed by atoms with Gasteiger partial charge in [0.15, 0.2) is 5.13 Å². The number of rotatable bonds is 6. The van der Waals surface area contributed by atoms with E-state index in [0.29, 0.717) is 23.2 Å². The van der Waals surface area contributed by atoms with Crippen molar-refractivity contribution in [3.8, 4) is 0 Å². The number of benzene rings is 2. The third-order valence-corrected chi connectivity index (χ3v) is 6.67. The Balaban J connectivity index is 1.80. The predicted octanol–water partition coefficient (Wildman–Crippen LogP) is 6.38. The SMILES string of the molecule is CSc1cccc(C(=O)N(Cc2ccccn2)c2nc3c(C(C)C)cccc3s2)c1. The van der Waals surface area contributed by atoms with Crippen LogP contribution in [-0.2, 0) is 6.54 Å². The second-order valence-electron chi connectivity index (χ2n) is 7.29. The van der Waals surface area contributed by atoms with E-state index in [1.165, 1.54) is 5.56 Å². The van der Waals surface area contributed by atoms with E-state index >= 15 is 0 Å². The first-order valence-electron chi connectivity index (χ1n) is 9.82. The van der Waals surface area contributed by atoms with Crippen LogP contribution in [0.2, 0.25) is 0 Å². The van der Waals surface area contributed by atoms with E-state index in [1.54, 1.807) is 34.2 Å². The zero-order chi connectivity index (χ0) is 21.1. The minimum absolute atomic E-state index is 0.0679. The topological polar surface area (TPSA) is 46.1 Å². The number of carbonyl (C=O) groups is 1. The van der Waals surface area contributed by atoms with Gasteiger partial charge in [-0.3, -0.25) is 14.7 Å². The summed E-state index contributed by atoms with van der Waals surface area (Å²) >= 11 is 3.17. The molecule has 0 bridgehead atoms. The summed E-state index contributed by atoms with van der Waals surface area (Å²) in [6, 6.07) is 19.7. The van der Waals surface area contributed by atoms with E-state index in [1.807, 2.05) is 48.7 Å². The van der Waals surface area contributed by atoms with E-state index in [2.05, 4.69) is 37.0 Å². The number of carbonyl (C=O) groups excluding carboxylic acids is 1. The lowest BCUT2D eigenvalue weighted by atomic mass is 10.0. The second-order valence-corrected chi connectivity index (χ2v) is 9.18. The molecule has 0 saturated carbocycles. The molecule has 152 valence electrons. The molecule has 0 fully saturated rings. The minimum atomic E-state index is -0.0679. The fourth-order valence-electron chi connectivity index (χ4n) is 3.33. The average molecular weight is 434 g/mol. The van der Waals surface area contributed by atoms with E-state index in [4.69, 9.17) is 4.98 Å². The fraction of sp³-hybridized carbons (Fsp3) is 0.208. The van der Waals surface area contributed by atoms with Crippen molar-refractivity contribution >= 4 is 44.4 Å². The molecule has 0 saturated heterocycles. The van der Waals surface area contributed by atoms with Gasteiger partial charge >= 0.3 is 0 Å². The van der Waals surface area contributed by atoms with Gasteiger partial charge in [-0.2, -0.15) is 0 Å². The predicted molar refractivity (Wildman–Crippen MR) is 127 cm³/mol. The Kier molecular flexibility index (Phi) is 6.16. The Morgan fingerprint density at radius 2 is 1.93 bits per heavy atom. The quantitative estimate of drug-likeness (QED) is 0.331. The Morgan fingerprint density at radius 3 is 2.67 bits per heavy atom. The maximum Gasteiger partial charge on any atom is 0.260 e. The molecule has 4 aromatic rings. The number of hydrogen-bond acceptors (Lipinski definition) is 5. The van der Waals surface area contributed by atoms with Crippen LogP contribution in [-0.4, -0.2) is 22.1 Å². The van der Waals surface area contributed by atoms with Crippen molar-refractivity contribution in [3.63, 3.8) is 0 Å². The maximum absolute atomic E-state index is 13.6. The van der Waals surface area contributed by atoms with Gasteiger partial charge in [-0.25, -0.2) is 4.98 Å². The first kappa shape index (κ1) is 20.6. The van der Waals surface area contributed by atoms with E-state index in [0.717, 1.165) is 20.8 Å². The average Bonchev–Trinajstić information content (AvgIpc) is 3.21. The third kappa shape index (κ3) is 4.25. The summed E-state index contributed by atoms with van der Waals surface area (Å²) < 4.78 is 1.09. The van der Waals surface area contributed by atoms with Crippen LogP contribution in [0, 0.1) is 0 Å². The fourth-order valence-corrected chi connectivity index (χ4v) is 4.79. The highest BCUT2D eigenvalue weighted by atomic mass is 32.2. The summed E-state index contributed by atoms with van der Waals surface area (Å²) in [7, 11) is 0. The largest absolute Gasteiger partial charge is 0.278 e. The first-order chi connectivity index (χ1) is 14.6. The Hall–Kier alpha value is -2.70. The zero-order valence-electron chi connectivity index (χ0n) is 17.2. The van der Waals surface area contributed by atoms with Gasteiger partial charge in [-0.1, -0.05) is 49.4 Å². The van der Waals surface area contributed by atoms with Gasteiger partial charge in [0.05, 0.1) is 22.5 Å². The molecule has 2 aromatic carbocycles. The lowest BCUT2D eigenvalue weighted by molar-refractivity contribution is 0.0984. The van der Waals surface area contributed by atoms with Crippen molar-refractivity contribution in [1.82, 2.24) is 9.97 Å². The summed E-state index contributed by atoms with van der Waals surface area (Å²) in [5.74, 6) is 0.295. The molecule has 30 heavy (non-hydrogen) atoms. The summed E-state index contributed by atoms with van der Waals surface area (Å²) in [5.41, 5.74) is 3.66. The molecule has 2 aromatic heterocycles. The Bertz CT molecular complexity index is 1170. The molecule has 4 nitrogen and oxygen atoms in total. The number of hydrogen-bond donors (Lipinski definition) is 0. The van der Waals surface area contributed by atoms with Crippen LogP contribution in [0.3, 0.4) is 0 Å². The highest BCUT2D eigenvalue weighted by Crippen LogP contribution is 2.34. The van der Waals surface area contributed by atoms with Crippen LogP contribution < -0.4 is 4.90 Å². The van der Waals surface area contributed by atoms with Crippen molar-refractivity contribution in [2.75, 3.05) is 11.2 Å². The highest BCUT2D eigenvalue weighted by molar-refractivity contribution is 7.98. The van der Waals surface area contributed by atoms with E-state index in [9.17, 15) is 4.79 Å². The van der Waals surface area contributed by atoms with Gasteiger partial charge in [-0.05, 0) is 54.1 Å². The molecule has 6 heteroatoms. The van der Waals surface area contributed by atoms with Crippen molar-refractivity contribution in [3.05, 3.63) is 83.7 Å². The number of pyridine rings is 1. The molecule has 0 radical (unpaired) electrons. The molecule has 1 amide bonds. The number of fused-ring (bicyclic) bond motifs is 1. The van der Waals surface area contributed by atoms with Crippen LogP contribution >= 0.6 is 23.1 Å². The van der Waals surface area contributed by atoms with Crippen LogP contribution in [0.4, 0.5) is 5.13 Å². The number of para-hydroxylation sites is 1. The number of thioether (sulfide) groups is 1. The molecular weight excluding hydrogens is 410 g/mol. The number of nitrogens with zero attached hydrogens (tertiary/aromatic N) is 3. The number of aromatic nitrogens is 2. The van der Waals surface area contributed by atoms with Crippen molar-refractivity contribution < 1.29 is 4.79 Å². The second kappa shape index (κ2) is 8.98. The monoisotopic (exact) mass is 433 g/mol. The van der Waals surface area contributed by atoms with Crippen LogP contribution in [0.5, 0.6) is 0 Å². The molecule has 2 heterocycles. The summed E-state index contributed by atoms with van der Waals surface area (Å²) in [6.07, 6.45) is 3.76. The normalized spacial score (nSPS) is 11.2. The van der Waals surface area contributed by atoms with Gasteiger partial charge in [-0.15, -0.1) is 11.8 Å². The van der Waals surface area contributed by atoms with Crippen molar-refractivity contribution in [2.24, 2.45) is 0 Å². The van der Waals surface area contributed by atoms with Crippen molar-refractivity contribution in [1.29, 1.82) is 0 Å².